The molecule has 0 saturated heterocycles. The molecule has 0 unspecified atom stereocenters. The summed E-state index contributed by atoms with van der Waals surface area (Å²) < 4.78 is 5.65. The van der Waals surface area contributed by atoms with Crippen LogP contribution in [-0.2, 0) is 6.54 Å². The van der Waals surface area contributed by atoms with Crippen LogP contribution in [0.5, 0.6) is 5.88 Å². The first-order chi connectivity index (χ1) is 7.61. The topological polar surface area (TPSA) is 34.2 Å². The van der Waals surface area contributed by atoms with Gasteiger partial charge in [0.15, 0.2) is 0 Å². The normalized spacial score (nSPS) is 10.8. The van der Waals surface area contributed by atoms with E-state index in [-0.39, 0.29) is 0 Å². The van der Waals surface area contributed by atoms with Gasteiger partial charge in [0.25, 0.3) is 0 Å². The summed E-state index contributed by atoms with van der Waals surface area (Å²) in [4.78, 5) is 4.36. The van der Waals surface area contributed by atoms with Crippen LogP contribution in [0.4, 0.5) is 0 Å². The van der Waals surface area contributed by atoms with Crippen LogP contribution >= 0.6 is 0 Å². The molecule has 0 atom stereocenters. The molecule has 0 bridgehead atoms. The van der Waals surface area contributed by atoms with Crippen LogP contribution in [0.2, 0.25) is 0 Å². The van der Waals surface area contributed by atoms with Gasteiger partial charge in [-0.3, -0.25) is 0 Å². The second-order valence-electron chi connectivity index (χ2n) is 4.52. The van der Waals surface area contributed by atoms with Gasteiger partial charge in [0.2, 0.25) is 5.88 Å². The highest BCUT2D eigenvalue weighted by molar-refractivity contribution is 5.24. The second-order valence-corrected chi connectivity index (χ2v) is 4.52. The zero-order chi connectivity index (χ0) is 12.0. The number of aryl methyl sites for hydroxylation is 1. The summed E-state index contributed by atoms with van der Waals surface area (Å²) in [5, 5.41) is 3.13. The van der Waals surface area contributed by atoms with E-state index in [2.05, 4.69) is 30.2 Å². The number of aromatic nitrogens is 1. The van der Waals surface area contributed by atoms with Crippen LogP contribution in [0.3, 0.4) is 0 Å². The van der Waals surface area contributed by atoms with Crippen LogP contribution in [0.1, 0.15) is 31.5 Å². The molecule has 3 heteroatoms. The second kappa shape index (κ2) is 6.48. The SMILES string of the molecule is CNCc1cc(C)nc(OCCC(C)C)c1. The monoisotopic (exact) mass is 222 g/mol. The van der Waals surface area contributed by atoms with Gasteiger partial charge in [0.05, 0.1) is 6.61 Å². The molecule has 0 aromatic carbocycles. The average molecular weight is 222 g/mol. The van der Waals surface area contributed by atoms with Crippen molar-refractivity contribution >= 4 is 0 Å². The number of rotatable bonds is 6. The van der Waals surface area contributed by atoms with E-state index >= 15 is 0 Å². The van der Waals surface area contributed by atoms with Crippen LogP contribution in [0.25, 0.3) is 0 Å². The molecule has 0 fully saturated rings. The number of nitrogens with zero attached hydrogens (tertiary/aromatic N) is 1. The zero-order valence-electron chi connectivity index (χ0n) is 10.7. The predicted octanol–water partition coefficient (Wildman–Crippen LogP) is 2.53. The van der Waals surface area contributed by atoms with Gasteiger partial charge < -0.3 is 10.1 Å². The van der Waals surface area contributed by atoms with Gasteiger partial charge >= 0.3 is 0 Å². The van der Waals surface area contributed by atoms with Crippen molar-refractivity contribution in [1.82, 2.24) is 10.3 Å². The Morgan fingerprint density at radius 3 is 2.75 bits per heavy atom. The molecule has 1 heterocycles. The first-order valence-corrected chi connectivity index (χ1v) is 5.86. The maximum absolute atomic E-state index is 5.65. The zero-order valence-corrected chi connectivity index (χ0v) is 10.7. The average Bonchev–Trinajstić information content (AvgIpc) is 2.16. The highest BCUT2D eigenvalue weighted by Gasteiger charge is 2.01. The van der Waals surface area contributed by atoms with Gasteiger partial charge in [-0.05, 0) is 37.9 Å². The van der Waals surface area contributed by atoms with Crippen molar-refractivity contribution in [1.29, 1.82) is 0 Å². The summed E-state index contributed by atoms with van der Waals surface area (Å²) >= 11 is 0. The smallest absolute Gasteiger partial charge is 0.213 e. The Hall–Kier alpha value is -1.09. The highest BCUT2D eigenvalue weighted by Crippen LogP contribution is 2.13. The van der Waals surface area contributed by atoms with Crippen molar-refractivity contribution in [3.63, 3.8) is 0 Å². The van der Waals surface area contributed by atoms with Crippen molar-refractivity contribution in [3.05, 3.63) is 23.4 Å². The van der Waals surface area contributed by atoms with Gasteiger partial charge in [0.1, 0.15) is 0 Å². The number of pyridine rings is 1. The Morgan fingerprint density at radius 1 is 1.38 bits per heavy atom. The van der Waals surface area contributed by atoms with E-state index < -0.39 is 0 Å². The van der Waals surface area contributed by atoms with Crippen molar-refractivity contribution in [2.75, 3.05) is 13.7 Å². The molecule has 1 aromatic heterocycles. The number of hydrogen-bond acceptors (Lipinski definition) is 3. The van der Waals surface area contributed by atoms with Crippen LogP contribution in [0.15, 0.2) is 12.1 Å². The molecule has 0 spiro atoms. The Bertz CT molecular complexity index is 324. The fourth-order valence-electron chi connectivity index (χ4n) is 1.49. The van der Waals surface area contributed by atoms with E-state index in [9.17, 15) is 0 Å². The van der Waals surface area contributed by atoms with E-state index in [1.165, 1.54) is 5.56 Å². The minimum Gasteiger partial charge on any atom is -0.478 e. The quantitative estimate of drug-likeness (QED) is 0.803. The first kappa shape index (κ1) is 13.0. The van der Waals surface area contributed by atoms with E-state index in [1.807, 2.05) is 20.0 Å². The summed E-state index contributed by atoms with van der Waals surface area (Å²) in [7, 11) is 1.94. The van der Waals surface area contributed by atoms with Gasteiger partial charge in [-0.1, -0.05) is 13.8 Å². The highest BCUT2D eigenvalue weighted by atomic mass is 16.5. The van der Waals surface area contributed by atoms with E-state index in [0.717, 1.165) is 31.1 Å². The third-order valence-electron chi connectivity index (χ3n) is 2.32. The molecular weight excluding hydrogens is 200 g/mol. The van der Waals surface area contributed by atoms with Gasteiger partial charge in [-0.2, -0.15) is 0 Å². The van der Waals surface area contributed by atoms with Crippen molar-refractivity contribution in [2.45, 2.75) is 33.7 Å². The van der Waals surface area contributed by atoms with Crippen molar-refractivity contribution in [3.8, 4) is 5.88 Å². The molecule has 16 heavy (non-hydrogen) atoms. The Balaban J connectivity index is 2.58. The predicted molar refractivity (Wildman–Crippen MR) is 66.7 cm³/mol. The molecular formula is C13H22N2O. The largest absolute Gasteiger partial charge is 0.478 e. The molecule has 0 radical (unpaired) electrons. The molecule has 0 amide bonds. The fraction of sp³-hybridized carbons (Fsp3) is 0.615. The summed E-state index contributed by atoms with van der Waals surface area (Å²) in [6.45, 7) is 7.98. The molecule has 1 aromatic rings. The standard InChI is InChI=1S/C13H22N2O/c1-10(2)5-6-16-13-8-12(9-14-4)7-11(3)15-13/h7-8,10,14H,5-6,9H2,1-4H3. The lowest BCUT2D eigenvalue weighted by Gasteiger charge is -2.09. The van der Waals surface area contributed by atoms with Gasteiger partial charge in [-0.25, -0.2) is 4.98 Å². The van der Waals surface area contributed by atoms with Crippen LogP contribution < -0.4 is 10.1 Å². The maximum Gasteiger partial charge on any atom is 0.213 e. The molecule has 0 aliphatic carbocycles. The summed E-state index contributed by atoms with van der Waals surface area (Å²) in [6.07, 6.45) is 1.07. The van der Waals surface area contributed by atoms with Crippen molar-refractivity contribution in [2.24, 2.45) is 5.92 Å². The third-order valence-corrected chi connectivity index (χ3v) is 2.32. The van der Waals surface area contributed by atoms with Crippen molar-refractivity contribution < 1.29 is 4.74 Å². The molecule has 3 nitrogen and oxygen atoms in total. The Morgan fingerprint density at radius 2 is 2.12 bits per heavy atom. The maximum atomic E-state index is 5.65. The van der Waals surface area contributed by atoms with Crippen LogP contribution in [-0.4, -0.2) is 18.6 Å². The summed E-state index contributed by atoms with van der Waals surface area (Å²) in [5.74, 6) is 1.41. The minimum absolute atomic E-state index is 0.668. The summed E-state index contributed by atoms with van der Waals surface area (Å²) in [5.41, 5.74) is 2.22. The summed E-state index contributed by atoms with van der Waals surface area (Å²) in [6, 6.07) is 4.08. The molecule has 0 saturated carbocycles. The third kappa shape index (κ3) is 4.62. The molecule has 0 aliphatic rings. The van der Waals surface area contributed by atoms with Gasteiger partial charge in [0, 0.05) is 18.3 Å². The van der Waals surface area contributed by atoms with E-state index in [4.69, 9.17) is 4.74 Å². The van der Waals surface area contributed by atoms with Gasteiger partial charge in [-0.15, -0.1) is 0 Å². The lowest BCUT2D eigenvalue weighted by atomic mass is 10.1. The Labute approximate surface area is 98.2 Å². The molecule has 1 rings (SSSR count). The number of nitrogens with one attached hydrogen (secondary N) is 1. The van der Waals surface area contributed by atoms with Crippen LogP contribution in [0, 0.1) is 12.8 Å². The minimum atomic E-state index is 0.668. The van der Waals surface area contributed by atoms with E-state index in [1.54, 1.807) is 0 Å². The molecule has 0 aliphatic heterocycles. The molecule has 1 N–H and O–H groups in total. The fourth-order valence-corrected chi connectivity index (χ4v) is 1.49. The lowest BCUT2D eigenvalue weighted by Crippen LogP contribution is -2.07. The lowest BCUT2D eigenvalue weighted by molar-refractivity contribution is 0.278. The number of ether oxygens (including phenoxy) is 1. The van der Waals surface area contributed by atoms with E-state index in [0.29, 0.717) is 5.92 Å². The number of hydrogen-bond donors (Lipinski definition) is 1. The Kier molecular flexibility index (Phi) is 5.26. The first-order valence-electron chi connectivity index (χ1n) is 5.86. The molecule has 90 valence electrons.